The first kappa shape index (κ1) is 10.9. The third kappa shape index (κ3) is 1.75. The highest BCUT2D eigenvalue weighted by Crippen LogP contribution is 2.27. The molecule has 0 spiro atoms. The van der Waals surface area contributed by atoms with Crippen LogP contribution in [0.3, 0.4) is 0 Å². The smallest absolute Gasteiger partial charge is 0.142 e. The average Bonchev–Trinajstić information content (AvgIpc) is 2.14. The largest absolute Gasteiger partial charge is 0.198 e. The van der Waals surface area contributed by atoms with Gasteiger partial charge in [-0.2, -0.15) is 5.26 Å². The summed E-state index contributed by atoms with van der Waals surface area (Å²) in [5, 5.41) is 8.90. The van der Waals surface area contributed by atoms with Crippen molar-refractivity contribution in [2.75, 3.05) is 0 Å². The van der Waals surface area contributed by atoms with Crippen LogP contribution in [0.4, 0.5) is 0 Å². The van der Waals surface area contributed by atoms with E-state index in [1.165, 1.54) is 0 Å². The van der Waals surface area contributed by atoms with Gasteiger partial charge in [0.25, 0.3) is 0 Å². The molecule has 0 heterocycles. The molecule has 0 radical (unpaired) electrons. The fourth-order valence-corrected chi connectivity index (χ4v) is 3.52. The van der Waals surface area contributed by atoms with E-state index >= 15 is 0 Å². The molecule has 0 aliphatic heterocycles. The molecular weight excluding hydrogens is 162 g/mol. The second kappa shape index (κ2) is 4.73. The van der Waals surface area contributed by atoms with Crippen molar-refractivity contribution < 1.29 is 0 Å². The molecule has 0 aromatic carbocycles. The zero-order chi connectivity index (χ0) is 9.61. The van der Waals surface area contributed by atoms with Gasteiger partial charge in [0.05, 0.1) is 11.6 Å². The second-order valence-corrected chi connectivity index (χ2v) is 6.62. The van der Waals surface area contributed by atoms with E-state index in [0.717, 1.165) is 6.42 Å². The molecule has 12 heavy (non-hydrogen) atoms. The van der Waals surface area contributed by atoms with Crippen molar-refractivity contribution in [1.82, 2.24) is 0 Å². The lowest BCUT2D eigenvalue weighted by Crippen LogP contribution is -2.32. The van der Waals surface area contributed by atoms with Gasteiger partial charge in [-0.3, -0.25) is 0 Å². The number of nitrogens with zero attached hydrogens (tertiary/aromatic N) is 1. The lowest BCUT2D eigenvalue weighted by atomic mass is 10.4. The number of nitriles is 1. The highest BCUT2D eigenvalue weighted by molar-refractivity contribution is 6.94. The molecule has 0 saturated carbocycles. The summed E-state index contributed by atoms with van der Waals surface area (Å²) in [6, 6.07) is 2.29. The Kier molecular flexibility index (Phi) is 4.31. The van der Waals surface area contributed by atoms with Gasteiger partial charge in [-0.25, -0.2) is 0 Å². The Morgan fingerprint density at radius 1 is 1.33 bits per heavy atom. The van der Waals surface area contributed by atoms with Gasteiger partial charge >= 0.3 is 0 Å². The number of hydrogen-bond acceptors (Lipinski definition) is 1. The summed E-state index contributed by atoms with van der Waals surface area (Å²) in [6.45, 7) is 13.3. The van der Waals surface area contributed by atoms with Crippen molar-refractivity contribution >= 4 is 8.07 Å². The topological polar surface area (TPSA) is 23.8 Å². The van der Waals surface area contributed by atoms with Crippen LogP contribution in [0, 0.1) is 11.3 Å². The normalized spacial score (nSPS) is 12.7. The highest BCUT2D eigenvalue weighted by Gasteiger charge is 2.31. The van der Waals surface area contributed by atoms with Gasteiger partial charge in [0, 0.05) is 0 Å². The van der Waals surface area contributed by atoms with Crippen molar-refractivity contribution in [2.45, 2.75) is 18.9 Å². The van der Waals surface area contributed by atoms with Gasteiger partial charge in [0.15, 0.2) is 0 Å². The van der Waals surface area contributed by atoms with Crippen molar-refractivity contribution in [1.29, 1.82) is 5.26 Å². The Morgan fingerprint density at radius 3 is 1.83 bits per heavy atom. The van der Waals surface area contributed by atoms with E-state index in [1.54, 1.807) is 0 Å². The van der Waals surface area contributed by atoms with E-state index in [1.807, 2.05) is 24.0 Å². The van der Waals surface area contributed by atoms with Gasteiger partial charge in [-0.05, 0) is 6.42 Å². The summed E-state index contributed by atoms with van der Waals surface area (Å²) in [4.78, 5) is 0. The highest BCUT2D eigenvalue weighted by atomic mass is 28.3. The molecular formula is C10H15NSi. The fourth-order valence-electron chi connectivity index (χ4n) is 1.23. The van der Waals surface area contributed by atoms with E-state index in [4.69, 9.17) is 5.26 Å². The molecule has 0 aromatic heterocycles. The molecule has 0 N–H and O–H groups in total. The number of hydrogen-bond donors (Lipinski definition) is 0. The predicted molar refractivity (Wildman–Crippen MR) is 56.0 cm³/mol. The molecule has 0 aliphatic rings. The van der Waals surface area contributed by atoms with Crippen LogP contribution in [0.25, 0.3) is 0 Å². The lowest BCUT2D eigenvalue weighted by Gasteiger charge is -2.23. The molecule has 0 fully saturated rings. The third-order valence-electron chi connectivity index (χ3n) is 2.23. The summed E-state index contributed by atoms with van der Waals surface area (Å²) in [5.41, 5.74) is 5.63. The van der Waals surface area contributed by atoms with E-state index < -0.39 is 8.07 Å². The molecule has 0 rings (SSSR count). The molecule has 1 nitrogen and oxygen atoms in total. The monoisotopic (exact) mass is 177 g/mol. The molecule has 64 valence electrons. The van der Waals surface area contributed by atoms with Crippen LogP contribution in [0.1, 0.15) is 13.3 Å². The van der Waals surface area contributed by atoms with Gasteiger partial charge in [-0.15, -0.1) is 19.7 Å². The Balaban J connectivity index is 4.94. The van der Waals surface area contributed by atoms with Crippen LogP contribution in [-0.2, 0) is 0 Å². The maximum atomic E-state index is 8.90. The van der Waals surface area contributed by atoms with E-state index in [-0.39, 0.29) is 5.54 Å². The molecule has 0 aliphatic carbocycles. The minimum atomic E-state index is -1.92. The molecule has 0 saturated heterocycles. The predicted octanol–water partition coefficient (Wildman–Crippen LogP) is 2.91. The third-order valence-corrected chi connectivity index (χ3v) is 6.09. The maximum absolute atomic E-state index is 8.90. The molecule has 0 aromatic rings. The average molecular weight is 177 g/mol. The zero-order valence-corrected chi connectivity index (χ0v) is 8.59. The SMILES string of the molecule is C=C[Si](C=C)(C=C)C(C#N)CC. The molecule has 2 heteroatoms. The Bertz CT molecular complexity index is 203. The zero-order valence-electron chi connectivity index (χ0n) is 7.59. The standard InChI is InChI=1S/C10H15NSi/c1-5-10(9-11)12(6-2,7-3)8-4/h6-8,10H,2-5H2,1H3. The second-order valence-electron chi connectivity index (χ2n) is 2.70. The maximum Gasteiger partial charge on any atom is 0.142 e. The van der Waals surface area contributed by atoms with Gasteiger partial charge in [-0.1, -0.05) is 24.0 Å². The van der Waals surface area contributed by atoms with E-state index in [0.29, 0.717) is 0 Å². The molecule has 0 amide bonds. The summed E-state index contributed by atoms with van der Waals surface area (Å²) in [5.74, 6) is 0. The Labute approximate surface area is 75.7 Å². The van der Waals surface area contributed by atoms with E-state index in [9.17, 15) is 0 Å². The summed E-state index contributed by atoms with van der Waals surface area (Å²) in [6.07, 6.45) is 0.840. The summed E-state index contributed by atoms with van der Waals surface area (Å²) in [7, 11) is -1.92. The van der Waals surface area contributed by atoms with Crippen molar-refractivity contribution in [3.05, 3.63) is 36.8 Å². The first-order valence-electron chi connectivity index (χ1n) is 4.01. The Morgan fingerprint density at radius 2 is 1.75 bits per heavy atom. The lowest BCUT2D eigenvalue weighted by molar-refractivity contribution is 0.938. The van der Waals surface area contributed by atoms with Gasteiger partial charge in [0.1, 0.15) is 8.07 Å². The van der Waals surface area contributed by atoms with Crippen molar-refractivity contribution in [2.24, 2.45) is 0 Å². The molecule has 1 unspecified atom stereocenters. The quantitative estimate of drug-likeness (QED) is 0.592. The van der Waals surface area contributed by atoms with Crippen LogP contribution < -0.4 is 0 Å². The van der Waals surface area contributed by atoms with Crippen LogP contribution in [-0.4, -0.2) is 8.07 Å². The van der Waals surface area contributed by atoms with Gasteiger partial charge in [0.2, 0.25) is 0 Å². The molecule has 1 atom stereocenters. The van der Waals surface area contributed by atoms with Crippen LogP contribution in [0.5, 0.6) is 0 Å². The fraction of sp³-hybridized carbons (Fsp3) is 0.300. The van der Waals surface area contributed by atoms with Crippen LogP contribution in [0.15, 0.2) is 36.8 Å². The first-order valence-corrected chi connectivity index (χ1v) is 6.32. The van der Waals surface area contributed by atoms with Gasteiger partial charge < -0.3 is 0 Å². The minimum Gasteiger partial charge on any atom is -0.198 e. The molecule has 0 bridgehead atoms. The summed E-state index contributed by atoms with van der Waals surface area (Å²) < 4.78 is 0. The first-order chi connectivity index (χ1) is 5.70. The Hall–Kier alpha value is -1.07. The van der Waals surface area contributed by atoms with Crippen LogP contribution >= 0.6 is 0 Å². The number of rotatable bonds is 5. The van der Waals surface area contributed by atoms with Crippen molar-refractivity contribution in [3.63, 3.8) is 0 Å². The van der Waals surface area contributed by atoms with E-state index in [2.05, 4.69) is 25.8 Å². The minimum absolute atomic E-state index is 0.0324. The summed E-state index contributed by atoms with van der Waals surface area (Å²) >= 11 is 0. The van der Waals surface area contributed by atoms with Crippen molar-refractivity contribution in [3.8, 4) is 6.07 Å². The van der Waals surface area contributed by atoms with Crippen LogP contribution in [0.2, 0.25) is 5.54 Å².